The third kappa shape index (κ3) is 6.18. The average Bonchev–Trinajstić information content (AvgIpc) is 2.77. The van der Waals surface area contributed by atoms with Gasteiger partial charge in [-0.2, -0.15) is 10.5 Å². The fourth-order valence-corrected chi connectivity index (χ4v) is 2.72. The molecule has 1 aromatic heterocycles. The van der Waals surface area contributed by atoms with Crippen LogP contribution in [-0.2, 0) is 0 Å². The van der Waals surface area contributed by atoms with Crippen LogP contribution >= 0.6 is 11.6 Å². The van der Waals surface area contributed by atoms with Crippen LogP contribution in [0.4, 0.5) is 21.9 Å². The summed E-state index contributed by atoms with van der Waals surface area (Å²) in [4.78, 5) is 32.5. The number of hydrogen-bond donors (Lipinski definition) is 6. The van der Waals surface area contributed by atoms with Crippen LogP contribution in [0.2, 0.25) is 5.02 Å². The van der Waals surface area contributed by atoms with Gasteiger partial charge in [0.15, 0.2) is 11.4 Å². The number of nitrogens with one attached hydrogen (secondary N) is 4. The molecule has 2 atom stereocenters. The van der Waals surface area contributed by atoms with Crippen molar-refractivity contribution >= 4 is 40.6 Å². The zero-order chi connectivity index (χ0) is 24.1. The standard InChI is InChI=1S/C19H17ClN6O7/c1-10-2-3-12(6-16(10)33-19-21-8-11(20)9-22-19)23-18(28)24-17(27)14-5-4-13(25(29)30)7-15(14)26(31)32/h2-9,25-26,29,31H,1H3,(H2,23,24,27,28). The van der Waals surface area contributed by atoms with Crippen LogP contribution in [0, 0.1) is 17.3 Å². The lowest BCUT2D eigenvalue weighted by Crippen LogP contribution is -3.01. The third-order valence-corrected chi connectivity index (χ3v) is 4.41. The monoisotopic (exact) mass is 476 g/mol. The highest BCUT2D eigenvalue weighted by Gasteiger charge is 2.21. The van der Waals surface area contributed by atoms with Gasteiger partial charge < -0.3 is 20.5 Å². The molecule has 33 heavy (non-hydrogen) atoms. The summed E-state index contributed by atoms with van der Waals surface area (Å²) >= 11 is 5.74. The fourth-order valence-electron chi connectivity index (χ4n) is 2.62. The number of ether oxygens (including phenoxy) is 1. The van der Waals surface area contributed by atoms with Crippen LogP contribution in [0.1, 0.15) is 15.9 Å². The second kappa shape index (κ2) is 10.3. The second-order valence-corrected chi connectivity index (χ2v) is 6.98. The minimum Gasteiger partial charge on any atom is -0.595 e. The SMILES string of the molecule is Cc1ccc(NC(=O)NC(=O)c2ccc([NH+]([O-])O)cc2[NH+]([O-])O)cc1Oc1ncc(Cl)cn1. The van der Waals surface area contributed by atoms with Gasteiger partial charge in [0.25, 0.3) is 5.91 Å². The Morgan fingerprint density at radius 1 is 1.06 bits per heavy atom. The summed E-state index contributed by atoms with van der Waals surface area (Å²) in [6.45, 7) is 1.76. The van der Waals surface area contributed by atoms with Gasteiger partial charge in [0, 0.05) is 17.8 Å². The fraction of sp³-hybridized carbons (Fsp3) is 0.0526. The summed E-state index contributed by atoms with van der Waals surface area (Å²) < 4.78 is 5.58. The van der Waals surface area contributed by atoms with Crippen molar-refractivity contribution in [1.82, 2.24) is 15.3 Å². The zero-order valence-electron chi connectivity index (χ0n) is 16.8. The van der Waals surface area contributed by atoms with Crippen LogP contribution in [0.15, 0.2) is 48.8 Å². The Morgan fingerprint density at radius 3 is 2.39 bits per heavy atom. The van der Waals surface area contributed by atoms with E-state index in [9.17, 15) is 25.2 Å². The zero-order valence-corrected chi connectivity index (χ0v) is 17.6. The predicted molar refractivity (Wildman–Crippen MR) is 113 cm³/mol. The van der Waals surface area contributed by atoms with Crippen LogP contribution in [-0.4, -0.2) is 32.3 Å². The van der Waals surface area contributed by atoms with E-state index < -0.39 is 28.1 Å². The van der Waals surface area contributed by atoms with Gasteiger partial charge in [-0.1, -0.05) is 17.7 Å². The molecular weight excluding hydrogens is 460 g/mol. The lowest BCUT2D eigenvalue weighted by atomic mass is 10.1. The number of quaternary nitrogens is 2. The van der Waals surface area contributed by atoms with Crippen molar-refractivity contribution in [2.24, 2.45) is 0 Å². The van der Waals surface area contributed by atoms with E-state index in [1.807, 2.05) is 5.32 Å². The lowest BCUT2D eigenvalue weighted by molar-refractivity contribution is -0.996. The molecule has 13 nitrogen and oxygen atoms in total. The van der Waals surface area contributed by atoms with Crippen molar-refractivity contribution in [1.29, 1.82) is 0 Å². The molecule has 6 N–H and O–H groups in total. The van der Waals surface area contributed by atoms with Crippen molar-refractivity contribution < 1.29 is 35.2 Å². The molecule has 3 amide bonds. The normalized spacial score (nSPS) is 12.5. The minimum atomic E-state index is -1.52. The number of anilines is 1. The number of benzene rings is 2. The molecule has 0 radical (unpaired) electrons. The van der Waals surface area contributed by atoms with Crippen LogP contribution in [0.5, 0.6) is 11.8 Å². The van der Waals surface area contributed by atoms with Gasteiger partial charge in [0.05, 0.1) is 23.5 Å². The number of aryl methyl sites for hydroxylation is 1. The predicted octanol–water partition coefficient (Wildman–Crippen LogP) is 0.999. The first kappa shape index (κ1) is 24.0. The Morgan fingerprint density at radius 2 is 1.76 bits per heavy atom. The molecule has 0 aliphatic carbocycles. The summed E-state index contributed by atoms with van der Waals surface area (Å²) in [5, 5.41) is 42.6. The molecule has 0 aliphatic heterocycles. The van der Waals surface area contributed by atoms with Crippen molar-refractivity contribution in [3.8, 4) is 11.8 Å². The highest BCUT2D eigenvalue weighted by atomic mass is 35.5. The topological polar surface area (TPSA) is 189 Å². The molecule has 1 heterocycles. The number of urea groups is 1. The maximum atomic E-state index is 12.4. The van der Waals surface area contributed by atoms with E-state index in [4.69, 9.17) is 21.5 Å². The highest BCUT2D eigenvalue weighted by molar-refractivity contribution is 6.30. The Kier molecular flexibility index (Phi) is 7.47. The van der Waals surface area contributed by atoms with Crippen LogP contribution in [0.3, 0.4) is 0 Å². The van der Waals surface area contributed by atoms with Gasteiger partial charge in [-0.3, -0.25) is 10.1 Å². The lowest BCUT2D eigenvalue weighted by Gasteiger charge is -2.18. The molecule has 3 aromatic rings. The number of rotatable bonds is 6. The molecule has 0 saturated carbocycles. The van der Waals surface area contributed by atoms with Crippen molar-refractivity contribution in [3.63, 3.8) is 0 Å². The van der Waals surface area contributed by atoms with Crippen molar-refractivity contribution in [2.45, 2.75) is 6.92 Å². The molecule has 14 heteroatoms. The van der Waals surface area contributed by atoms with E-state index in [0.29, 0.717) is 16.3 Å². The first-order valence-electron chi connectivity index (χ1n) is 9.13. The highest BCUT2D eigenvalue weighted by Crippen LogP contribution is 2.26. The number of carbonyl (C=O) groups excluding carboxylic acids is 2. The number of aromatic nitrogens is 2. The number of imide groups is 1. The van der Waals surface area contributed by atoms with Gasteiger partial charge in [0.2, 0.25) is 0 Å². The minimum absolute atomic E-state index is 0.0327. The van der Waals surface area contributed by atoms with E-state index in [2.05, 4.69) is 15.3 Å². The van der Waals surface area contributed by atoms with Gasteiger partial charge in [-0.05, 0) is 24.6 Å². The molecule has 2 aromatic carbocycles. The van der Waals surface area contributed by atoms with Crippen molar-refractivity contribution in [2.75, 3.05) is 5.32 Å². The van der Waals surface area contributed by atoms with Crippen molar-refractivity contribution in [3.05, 3.63) is 75.4 Å². The summed E-state index contributed by atoms with van der Waals surface area (Å²) in [7, 11) is 0. The summed E-state index contributed by atoms with van der Waals surface area (Å²) in [5.74, 6) is -0.695. The maximum absolute atomic E-state index is 12.4. The van der Waals surface area contributed by atoms with Gasteiger partial charge in [0.1, 0.15) is 11.3 Å². The molecule has 0 aliphatic rings. The van der Waals surface area contributed by atoms with Gasteiger partial charge in [-0.15, -0.1) is 0 Å². The second-order valence-electron chi connectivity index (χ2n) is 6.55. The Bertz CT molecular complexity index is 1170. The smallest absolute Gasteiger partial charge is 0.326 e. The number of nitrogens with zero attached hydrogens (tertiary/aromatic N) is 2. The molecule has 2 unspecified atom stereocenters. The molecule has 172 valence electrons. The largest absolute Gasteiger partial charge is 0.595 e. The molecule has 0 bridgehead atoms. The number of halogens is 1. The third-order valence-electron chi connectivity index (χ3n) is 4.21. The Hall–Kier alpha value is -3.69. The van der Waals surface area contributed by atoms with E-state index in [1.165, 1.54) is 18.5 Å². The van der Waals surface area contributed by atoms with Crippen LogP contribution < -0.4 is 25.8 Å². The summed E-state index contributed by atoms with van der Waals surface area (Å²) in [5.41, 5.74) is -0.287. The average molecular weight is 477 g/mol. The summed E-state index contributed by atoms with van der Waals surface area (Å²) in [6.07, 6.45) is 2.71. The number of hydrogen-bond acceptors (Lipinski definition) is 9. The maximum Gasteiger partial charge on any atom is 0.326 e. The van der Waals surface area contributed by atoms with E-state index in [1.54, 1.807) is 19.1 Å². The first-order valence-corrected chi connectivity index (χ1v) is 9.51. The molecule has 3 rings (SSSR count). The van der Waals surface area contributed by atoms with E-state index in [-0.39, 0.29) is 22.9 Å². The molecular formula is C19H17ClN6O7. The van der Waals surface area contributed by atoms with E-state index >= 15 is 0 Å². The number of carbonyl (C=O) groups is 2. The Labute approximate surface area is 190 Å². The van der Waals surface area contributed by atoms with Gasteiger partial charge in [-0.25, -0.2) is 25.2 Å². The van der Waals surface area contributed by atoms with Crippen LogP contribution in [0.25, 0.3) is 0 Å². The molecule has 0 saturated heterocycles. The quantitative estimate of drug-likeness (QED) is 0.282. The molecule has 0 spiro atoms. The molecule has 0 fully saturated rings. The Balaban J connectivity index is 1.72. The van der Waals surface area contributed by atoms with E-state index in [0.717, 1.165) is 18.2 Å². The summed E-state index contributed by atoms with van der Waals surface area (Å²) in [6, 6.07) is 6.67. The van der Waals surface area contributed by atoms with Gasteiger partial charge >= 0.3 is 12.0 Å². The first-order chi connectivity index (χ1) is 15.6. The number of amides is 3.